The average Bonchev–Trinajstić information content (AvgIpc) is 2.70. The molecule has 6 nitrogen and oxygen atoms in total. The Morgan fingerprint density at radius 1 is 1.07 bits per heavy atom. The molecule has 0 N–H and O–H groups in total. The summed E-state index contributed by atoms with van der Waals surface area (Å²) in [5, 5.41) is 0. The molecule has 150 valence electrons. The summed E-state index contributed by atoms with van der Waals surface area (Å²) in [5.41, 5.74) is 0.466. The second-order valence-corrected chi connectivity index (χ2v) is 8.55. The number of methoxy groups -OCH3 is 2. The summed E-state index contributed by atoms with van der Waals surface area (Å²) in [5.74, 6) is 0.0269. The summed E-state index contributed by atoms with van der Waals surface area (Å²) in [6.07, 6.45) is 2.07. The van der Waals surface area contributed by atoms with E-state index in [9.17, 15) is 13.2 Å². The zero-order chi connectivity index (χ0) is 20.7. The normalized spacial score (nSPS) is 11.8. The summed E-state index contributed by atoms with van der Waals surface area (Å²) in [7, 11) is -1.43. The zero-order valence-corrected chi connectivity index (χ0v) is 18.2. The van der Waals surface area contributed by atoms with E-state index in [1.165, 1.54) is 25.3 Å². The van der Waals surface area contributed by atoms with Gasteiger partial charge in [0.2, 0.25) is 9.84 Å². The predicted octanol–water partition coefficient (Wildman–Crippen LogP) is 4.23. The third kappa shape index (κ3) is 5.14. The lowest BCUT2D eigenvalue weighted by Gasteiger charge is -2.12. The van der Waals surface area contributed by atoms with Crippen LogP contribution in [0.1, 0.15) is 18.9 Å². The second-order valence-electron chi connectivity index (χ2n) is 5.72. The van der Waals surface area contributed by atoms with Crippen LogP contribution in [0.3, 0.4) is 0 Å². The number of carbonyl (C=O) groups is 1. The topological polar surface area (TPSA) is 78.9 Å². The summed E-state index contributed by atoms with van der Waals surface area (Å²) in [6.45, 7) is 2.45. The van der Waals surface area contributed by atoms with Gasteiger partial charge in [-0.1, -0.05) is 28.9 Å². The van der Waals surface area contributed by atoms with E-state index in [1.807, 2.05) is 6.92 Å². The van der Waals surface area contributed by atoms with E-state index in [0.29, 0.717) is 23.7 Å². The highest BCUT2D eigenvalue weighted by molar-refractivity contribution is 9.10. The summed E-state index contributed by atoms with van der Waals surface area (Å²) >= 11 is 3.26. The molecule has 0 unspecified atom stereocenters. The molecule has 0 heterocycles. The molecule has 8 heteroatoms. The lowest BCUT2D eigenvalue weighted by atomic mass is 10.2. The number of sulfone groups is 1. The number of hydrogen-bond donors (Lipinski definition) is 0. The lowest BCUT2D eigenvalue weighted by molar-refractivity contribution is -0.135. The van der Waals surface area contributed by atoms with Crippen molar-refractivity contribution in [3.63, 3.8) is 0 Å². The number of benzene rings is 2. The van der Waals surface area contributed by atoms with E-state index in [0.717, 1.165) is 18.0 Å². The molecule has 0 aliphatic heterocycles. The minimum Gasteiger partial charge on any atom is -0.493 e. The molecule has 0 fully saturated rings. The van der Waals surface area contributed by atoms with Gasteiger partial charge in [-0.25, -0.2) is 13.2 Å². The van der Waals surface area contributed by atoms with Crippen LogP contribution in [0.2, 0.25) is 0 Å². The third-order valence-corrected chi connectivity index (χ3v) is 6.03. The van der Waals surface area contributed by atoms with Crippen LogP contribution in [0.5, 0.6) is 11.5 Å². The van der Waals surface area contributed by atoms with Crippen LogP contribution < -0.4 is 9.47 Å². The fourth-order valence-corrected chi connectivity index (χ4v) is 3.95. The maximum atomic E-state index is 13.0. The minimum absolute atomic E-state index is 0.0108. The molecule has 0 amide bonds. The molecule has 0 aliphatic rings. The van der Waals surface area contributed by atoms with Crippen molar-refractivity contribution in [2.75, 3.05) is 20.8 Å². The van der Waals surface area contributed by atoms with Gasteiger partial charge >= 0.3 is 5.97 Å². The quantitative estimate of drug-likeness (QED) is 0.425. The van der Waals surface area contributed by atoms with Crippen LogP contribution >= 0.6 is 15.9 Å². The number of ether oxygens (including phenoxy) is 3. The van der Waals surface area contributed by atoms with Crippen LogP contribution in [0.4, 0.5) is 0 Å². The summed E-state index contributed by atoms with van der Waals surface area (Å²) in [6, 6.07) is 10.9. The fourth-order valence-electron chi connectivity index (χ4n) is 2.35. The van der Waals surface area contributed by atoms with Gasteiger partial charge in [0.1, 0.15) is 0 Å². The van der Waals surface area contributed by atoms with Crippen LogP contribution in [0, 0.1) is 0 Å². The van der Waals surface area contributed by atoms with Gasteiger partial charge in [-0.2, -0.15) is 0 Å². The fraction of sp³-hybridized carbons (Fsp3) is 0.250. The molecule has 2 aromatic rings. The smallest absolute Gasteiger partial charge is 0.349 e. The lowest BCUT2D eigenvalue weighted by Crippen LogP contribution is -2.15. The Morgan fingerprint density at radius 2 is 1.75 bits per heavy atom. The Hall–Kier alpha value is -2.32. The van der Waals surface area contributed by atoms with E-state index >= 15 is 0 Å². The predicted molar refractivity (Wildman–Crippen MR) is 110 cm³/mol. The highest BCUT2D eigenvalue weighted by Crippen LogP contribution is 2.31. The first-order valence-corrected chi connectivity index (χ1v) is 10.7. The van der Waals surface area contributed by atoms with E-state index in [2.05, 4.69) is 15.9 Å². The van der Waals surface area contributed by atoms with Gasteiger partial charge in [0, 0.05) is 4.47 Å². The monoisotopic (exact) mass is 468 g/mol. The molecular formula is C20H21BrO6S. The SMILES string of the molecule is CCCOc1cc(/C=C(/C(=O)OC)S(=O)(=O)c2ccc(Br)cc2)ccc1OC. The van der Waals surface area contributed by atoms with Crippen LogP contribution in [0.25, 0.3) is 6.08 Å². The molecule has 2 rings (SSSR count). The molecule has 0 saturated heterocycles. The van der Waals surface area contributed by atoms with Gasteiger partial charge in [0.15, 0.2) is 16.4 Å². The standard InChI is InChI=1S/C20H21BrO6S/c1-4-11-27-18-12-14(5-10-17(18)25-2)13-19(20(22)26-3)28(23,24)16-8-6-15(21)7-9-16/h5-10,12-13H,4,11H2,1-3H3/b19-13-. The first kappa shape index (κ1) is 22.0. The number of esters is 1. The van der Waals surface area contributed by atoms with Gasteiger partial charge in [-0.15, -0.1) is 0 Å². The molecule has 0 spiro atoms. The number of rotatable bonds is 8. The van der Waals surface area contributed by atoms with Crippen molar-refractivity contribution in [2.45, 2.75) is 18.2 Å². The van der Waals surface area contributed by atoms with Crippen molar-refractivity contribution in [1.82, 2.24) is 0 Å². The highest BCUT2D eigenvalue weighted by atomic mass is 79.9. The van der Waals surface area contributed by atoms with Crippen molar-refractivity contribution in [3.8, 4) is 11.5 Å². The van der Waals surface area contributed by atoms with Crippen molar-refractivity contribution in [2.24, 2.45) is 0 Å². The van der Waals surface area contributed by atoms with Crippen molar-refractivity contribution in [1.29, 1.82) is 0 Å². The molecule has 2 aromatic carbocycles. The maximum absolute atomic E-state index is 13.0. The molecule has 0 radical (unpaired) electrons. The maximum Gasteiger partial charge on any atom is 0.349 e. The van der Waals surface area contributed by atoms with Gasteiger partial charge in [0.05, 0.1) is 25.7 Å². The van der Waals surface area contributed by atoms with E-state index < -0.39 is 20.7 Å². The van der Waals surface area contributed by atoms with E-state index in [4.69, 9.17) is 14.2 Å². The van der Waals surface area contributed by atoms with Gasteiger partial charge in [-0.05, 0) is 54.5 Å². The molecule has 0 bridgehead atoms. The first-order valence-electron chi connectivity index (χ1n) is 8.45. The van der Waals surface area contributed by atoms with Crippen molar-refractivity contribution < 1.29 is 27.4 Å². The third-order valence-electron chi connectivity index (χ3n) is 3.75. The molecule has 0 atom stereocenters. The van der Waals surface area contributed by atoms with Crippen LogP contribution in [0.15, 0.2) is 56.7 Å². The minimum atomic E-state index is -4.08. The Bertz CT molecular complexity index is 965. The Labute approximate surface area is 173 Å². The Morgan fingerprint density at radius 3 is 2.32 bits per heavy atom. The molecule has 0 saturated carbocycles. The largest absolute Gasteiger partial charge is 0.493 e. The second kappa shape index (κ2) is 9.75. The molecule has 0 aliphatic carbocycles. The number of carbonyl (C=O) groups excluding carboxylic acids is 1. The molecule has 28 heavy (non-hydrogen) atoms. The molecule has 0 aromatic heterocycles. The van der Waals surface area contributed by atoms with Gasteiger partial charge in [-0.3, -0.25) is 0 Å². The summed E-state index contributed by atoms with van der Waals surface area (Å²) < 4.78 is 42.3. The highest BCUT2D eigenvalue weighted by Gasteiger charge is 2.28. The number of halogens is 1. The van der Waals surface area contributed by atoms with Gasteiger partial charge < -0.3 is 14.2 Å². The van der Waals surface area contributed by atoms with Gasteiger partial charge in [0.25, 0.3) is 0 Å². The van der Waals surface area contributed by atoms with E-state index in [-0.39, 0.29) is 4.90 Å². The van der Waals surface area contributed by atoms with Crippen LogP contribution in [-0.2, 0) is 19.4 Å². The first-order chi connectivity index (χ1) is 13.3. The number of hydrogen-bond acceptors (Lipinski definition) is 6. The zero-order valence-electron chi connectivity index (χ0n) is 15.8. The average molecular weight is 469 g/mol. The Balaban J connectivity index is 2.55. The van der Waals surface area contributed by atoms with Crippen molar-refractivity contribution in [3.05, 3.63) is 57.4 Å². The Kier molecular flexibility index (Phi) is 7.65. The van der Waals surface area contributed by atoms with Crippen LogP contribution in [-0.4, -0.2) is 35.2 Å². The van der Waals surface area contributed by atoms with E-state index in [1.54, 1.807) is 30.3 Å². The molecular weight excluding hydrogens is 448 g/mol. The summed E-state index contributed by atoms with van der Waals surface area (Å²) in [4.78, 5) is 11.8. The van der Waals surface area contributed by atoms with Crippen molar-refractivity contribution >= 4 is 37.8 Å².